The van der Waals surface area contributed by atoms with E-state index in [1.54, 1.807) is 7.11 Å². The first-order valence-corrected chi connectivity index (χ1v) is 7.78. The maximum Gasteiger partial charge on any atom is 0.127 e. The van der Waals surface area contributed by atoms with Crippen LogP contribution in [-0.2, 0) is 17.7 Å². The van der Waals surface area contributed by atoms with Crippen LogP contribution in [0.2, 0.25) is 0 Å². The summed E-state index contributed by atoms with van der Waals surface area (Å²) < 4.78 is 12.0. The molecule has 0 aromatic heterocycles. The minimum absolute atomic E-state index is 0.626. The number of ether oxygens (including phenoxy) is 2. The summed E-state index contributed by atoms with van der Waals surface area (Å²) in [6.45, 7) is 4.08. The lowest BCUT2D eigenvalue weighted by Gasteiger charge is -2.22. The molecule has 5 heteroatoms. The molecular formula is C14H19BrClNO2. The van der Waals surface area contributed by atoms with Gasteiger partial charge in [0.25, 0.3) is 0 Å². The smallest absolute Gasteiger partial charge is 0.127 e. The van der Waals surface area contributed by atoms with Crippen LogP contribution in [0.25, 0.3) is 0 Å². The summed E-state index contributed by atoms with van der Waals surface area (Å²) >= 11 is 9.44. The van der Waals surface area contributed by atoms with E-state index in [1.807, 2.05) is 0 Å². The van der Waals surface area contributed by atoms with Gasteiger partial charge in [-0.2, -0.15) is 0 Å². The molecule has 1 aromatic rings. The van der Waals surface area contributed by atoms with Crippen LogP contribution in [0.3, 0.4) is 0 Å². The molecule has 106 valence electrons. The van der Waals surface area contributed by atoms with Crippen molar-refractivity contribution in [3.8, 4) is 5.75 Å². The summed E-state index contributed by atoms with van der Waals surface area (Å²) in [4.78, 5) is 2.29. The molecule has 1 aliphatic rings. The molecule has 3 nitrogen and oxygen atoms in total. The molecule has 0 atom stereocenters. The molecule has 0 amide bonds. The van der Waals surface area contributed by atoms with E-state index < -0.39 is 0 Å². The van der Waals surface area contributed by atoms with E-state index >= 15 is 0 Å². The molecule has 1 aromatic carbocycles. The van der Waals surface area contributed by atoms with Crippen molar-refractivity contribution in [1.29, 1.82) is 0 Å². The van der Waals surface area contributed by atoms with Gasteiger partial charge in [0.15, 0.2) is 0 Å². The Bertz CT molecular complexity index is 428. The van der Waals surface area contributed by atoms with E-state index in [0.29, 0.717) is 12.5 Å². The first-order valence-electron chi connectivity index (χ1n) is 6.46. The highest BCUT2D eigenvalue weighted by Gasteiger charge is 2.19. The summed E-state index contributed by atoms with van der Waals surface area (Å²) in [5.74, 6) is 1.68. The van der Waals surface area contributed by atoms with E-state index in [1.165, 1.54) is 11.1 Å². The molecule has 0 spiro atoms. The maximum atomic E-state index is 5.87. The Labute approximate surface area is 128 Å². The Morgan fingerprint density at radius 1 is 1.42 bits per heavy atom. The van der Waals surface area contributed by atoms with Crippen LogP contribution < -0.4 is 4.74 Å². The highest BCUT2D eigenvalue weighted by molar-refractivity contribution is 9.10. The van der Waals surface area contributed by atoms with E-state index in [2.05, 4.69) is 33.0 Å². The minimum Gasteiger partial charge on any atom is -0.493 e. The lowest BCUT2D eigenvalue weighted by Crippen LogP contribution is -2.29. The minimum atomic E-state index is 0.626. The van der Waals surface area contributed by atoms with Crippen LogP contribution in [0.4, 0.5) is 0 Å². The molecule has 1 aliphatic heterocycles. The zero-order chi connectivity index (χ0) is 13.7. The number of alkyl halides is 1. The predicted molar refractivity (Wildman–Crippen MR) is 81.2 cm³/mol. The van der Waals surface area contributed by atoms with Gasteiger partial charge in [-0.25, -0.2) is 0 Å². The second-order valence-corrected chi connectivity index (χ2v) is 5.90. The number of rotatable bonds is 7. The molecular weight excluding hydrogens is 330 g/mol. The van der Waals surface area contributed by atoms with Crippen molar-refractivity contribution >= 4 is 27.5 Å². The normalized spacial score (nSPS) is 13.7. The number of methoxy groups -OCH3 is 1. The Balaban J connectivity index is 2.12. The van der Waals surface area contributed by atoms with Crippen molar-refractivity contribution in [2.24, 2.45) is 0 Å². The summed E-state index contributed by atoms with van der Waals surface area (Å²) in [5.41, 5.74) is 2.52. The van der Waals surface area contributed by atoms with Crippen LogP contribution >= 0.6 is 27.5 Å². The Morgan fingerprint density at radius 2 is 2.26 bits per heavy atom. The number of hydrogen-bond donors (Lipinski definition) is 0. The van der Waals surface area contributed by atoms with E-state index in [4.69, 9.17) is 21.1 Å². The van der Waals surface area contributed by atoms with Gasteiger partial charge in [-0.15, -0.1) is 11.6 Å². The molecule has 2 rings (SSSR count). The van der Waals surface area contributed by atoms with Gasteiger partial charge in [0.1, 0.15) is 5.75 Å². The summed E-state index contributed by atoms with van der Waals surface area (Å²) in [6.07, 6.45) is 0.995. The molecule has 1 heterocycles. The zero-order valence-electron chi connectivity index (χ0n) is 11.1. The first kappa shape index (κ1) is 15.1. The fraction of sp³-hybridized carbons (Fsp3) is 0.571. The third kappa shape index (κ3) is 4.09. The molecule has 0 radical (unpaired) electrons. The van der Waals surface area contributed by atoms with Gasteiger partial charge < -0.3 is 9.47 Å². The van der Waals surface area contributed by atoms with Gasteiger partial charge in [-0.1, -0.05) is 15.9 Å². The topological polar surface area (TPSA) is 21.7 Å². The van der Waals surface area contributed by atoms with Gasteiger partial charge in [-0.3, -0.25) is 4.90 Å². The van der Waals surface area contributed by atoms with Gasteiger partial charge in [0, 0.05) is 49.1 Å². The van der Waals surface area contributed by atoms with Gasteiger partial charge in [0.2, 0.25) is 0 Å². The molecule has 0 fully saturated rings. The van der Waals surface area contributed by atoms with Gasteiger partial charge >= 0.3 is 0 Å². The van der Waals surface area contributed by atoms with Crippen LogP contribution in [-0.4, -0.2) is 44.2 Å². The number of hydrogen-bond acceptors (Lipinski definition) is 3. The first-order chi connectivity index (χ1) is 9.24. The van der Waals surface area contributed by atoms with Crippen molar-refractivity contribution in [3.63, 3.8) is 0 Å². The van der Waals surface area contributed by atoms with Crippen molar-refractivity contribution < 1.29 is 9.47 Å². The number of fused-ring (bicyclic) bond motifs is 1. The third-order valence-electron chi connectivity index (χ3n) is 3.23. The van der Waals surface area contributed by atoms with E-state index in [-0.39, 0.29) is 0 Å². The second-order valence-electron chi connectivity index (χ2n) is 4.61. The molecule has 0 aliphatic carbocycles. The van der Waals surface area contributed by atoms with Gasteiger partial charge in [0.05, 0.1) is 13.2 Å². The van der Waals surface area contributed by atoms with Crippen LogP contribution in [0.1, 0.15) is 11.1 Å². The molecule has 0 N–H and O–H groups in total. The largest absolute Gasteiger partial charge is 0.493 e. The quantitative estimate of drug-likeness (QED) is 0.707. The monoisotopic (exact) mass is 347 g/mol. The third-order valence-corrected chi connectivity index (χ3v) is 3.86. The molecule has 0 bridgehead atoms. The van der Waals surface area contributed by atoms with Crippen molar-refractivity contribution in [2.75, 3.05) is 39.3 Å². The molecule has 0 saturated heterocycles. The predicted octanol–water partition coefficient (Wildman–Crippen LogP) is 3.07. The molecule has 19 heavy (non-hydrogen) atoms. The second kappa shape index (κ2) is 7.48. The SMILES string of the molecule is COCCN(CCCl)Cc1cc(Br)cc2c1OCC2. The molecule has 0 saturated carbocycles. The highest BCUT2D eigenvalue weighted by Crippen LogP contribution is 2.33. The van der Waals surface area contributed by atoms with Crippen LogP contribution in [0, 0.1) is 0 Å². The Morgan fingerprint density at radius 3 is 3.00 bits per heavy atom. The summed E-state index contributed by atoms with van der Waals surface area (Å²) in [5, 5.41) is 0. The lowest BCUT2D eigenvalue weighted by molar-refractivity contribution is 0.147. The van der Waals surface area contributed by atoms with Crippen LogP contribution in [0.5, 0.6) is 5.75 Å². The zero-order valence-corrected chi connectivity index (χ0v) is 13.5. The van der Waals surface area contributed by atoms with E-state index in [0.717, 1.165) is 42.9 Å². The average molecular weight is 349 g/mol. The Kier molecular flexibility index (Phi) is 5.95. The lowest BCUT2D eigenvalue weighted by atomic mass is 10.1. The fourth-order valence-corrected chi connectivity index (χ4v) is 3.11. The summed E-state index contributed by atoms with van der Waals surface area (Å²) in [7, 11) is 1.72. The molecule has 0 unspecified atom stereocenters. The van der Waals surface area contributed by atoms with Crippen molar-refractivity contribution in [1.82, 2.24) is 4.90 Å². The average Bonchev–Trinajstić information content (AvgIpc) is 2.84. The fourth-order valence-electron chi connectivity index (χ4n) is 2.31. The number of halogens is 2. The van der Waals surface area contributed by atoms with Crippen molar-refractivity contribution in [3.05, 3.63) is 27.7 Å². The van der Waals surface area contributed by atoms with Crippen molar-refractivity contribution in [2.45, 2.75) is 13.0 Å². The maximum absolute atomic E-state index is 5.87. The van der Waals surface area contributed by atoms with Gasteiger partial charge in [-0.05, 0) is 17.7 Å². The standard InChI is InChI=1S/C14H19BrClNO2/c1-18-7-5-17(4-3-16)10-12-9-13(15)8-11-2-6-19-14(11)12/h8-9H,2-7,10H2,1H3. The number of nitrogens with zero attached hydrogens (tertiary/aromatic N) is 1. The summed E-state index contributed by atoms with van der Waals surface area (Å²) in [6, 6.07) is 4.28. The van der Waals surface area contributed by atoms with E-state index in [9.17, 15) is 0 Å². The number of benzene rings is 1. The highest BCUT2D eigenvalue weighted by atomic mass is 79.9. The Hall–Kier alpha value is -0.290. The van der Waals surface area contributed by atoms with Crippen LogP contribution in [0.15, 0.2) is 16.6 Å².